The van der Waals surface area contributed by atoms with Gasteiger partial charge in [-0.1, -0.05) is 11.8 Å². The summed E-state index contributed by atoms with van der Waals surface area (Å²) in [6, 6.07) is 3.08. The zero-order chi connectivity index (χ0) is 17.2. The highest BCUT2D eigenvalue weighted by molar-refractivity contribution is 8.00. The molecule has 2 aliphatic rings. The first kappa shape index (κ1) is 17.3. The van der Waals surface area contributed by atoms with Crippen LogP contribution in [-0.2, 0) is 24.3 Å². The van der Waals surface area contributed by atoms with E-state index in [1.807, 2.05) is 0 Å². The van der Waals surface area contributed by atoms with Gasteiger partial charge in [0.05, 0.1) is 23.5 Å². The Kier molecular flexibility index (Phi) is 5.18. The molecule has 0 spiro atoms. The fourth-order valence-electron chi connectivity index (χ4n) is 2.46. The predicted octanol–water partition coefficient (Wildman–Crippen LogP) is -0.000200. The number of carbonyl (C=O) groups is 2. The Morgan fingerprint density at radius 1 is 1.25 bits per heavy atom. The molecule has 0 saturated carbocycles. The second-order valence-corrected chi connectivity index (χ2v) is 8.57. The Hall–Kier alpha value is -1.49. The summed E-state index contributed by atoms with van der Waals surface area (Å²) in [5, 5.41) is 2.44. The van der Waals surface area contributed by atoms with Crippen molar-refractivity contribution < 1.29 is 22.7 Å². The minimum atomic E-state index is -3.57. The molecule has 0 aromatic carbocycles. The maximum Gasteiger partial charge on any atom is 0.244 e. The van der Waals surface area contributed by atoms with Crippen molar-refractivity contribution in [3.63, 3.8) is 0 Å². The van der Waals surface area contributed by atoms with Crippen LogP contribution in [0.3, 0.4) is 0 Å². The van der Waals surface area contributed by atoms with E-state index in [0.717, 1.165) is 0 Å². The summed E-state index contributed by atoms with van der Waals surface area (Å²) >= 11 is 1.23. The molecule has 1 atom stereocenters. The average Bonchev–Trinajstić information content (AvgIpc) is 2.59. The number of ether oxygens (including phenoxy) is 1. The number of hydrogen-bond acceptors (Lipinski definition) is 7. The van der Waals surface area contributed by atoms with E-state index in [9.17, 15) is 18.0 Å². The van der Waals surface area contributed by atoms with E-state index >= 15 is 0 Å². The van der Waals surface area contributed by atoms with Gasteiger partial charge in [0.15, 0.2) is 0 Å². The largest absolute Gasteiger partial charge is 0.379 e. The van der Waals surface area contributed by atoms with E-state index in [4.69, 9.17) is 4.74 Å². The molecule has 1 aromatic heterocycles. The molecule has 0 bridgehead atoms. The van der Waals surface area contributed by atoms with Crippen molar-refractivity contribution >= 4 is 33.6 Å². The Morgan fingerprint density at radius 2 is 2.00 bits per heavy atom. The Morgan fingerprint density at radius 3 is 2.62 bits per heavy atom. The summed E-state index contributed by atoms with van der Waals surface area (Å²) in [5.41, 5.74) is 0. The molecular formula is C14H17N3O5S2. The van der Waals surface area contributed by atoms with Crippen LogP contribution in [-0.4, -0.2) is 61.1 Å². The molecular weight excluding hydrogens is 354 g/mol. The molecule has 2 saturated heterocycles. The number of amides is 2. The third-order valence-corrected chi connectivity index (χ3v) is 6.87. The van der Waals surface area contributed by atoms with Crippen LogP contribution in [0, 0.1) is 0 Å². The molecule has 0 aliphatic carbocycles. The topological polar surface area (TPSA) is 106 Å². The number of nitrogens with one attached hydrogen (secondary N) is 1. The van der Waals surface area contributed by atoms with Crippen molar-refractivity contribution in [2.75, 3.05) is 26.3 Å². The molecule has 3 rings (SSSR count). The van der Waals surface area contributed by atoms with Crippen LogP contribution in [0.4, 0.5) is 0 Å². The summed E-state index contributed by atoms with van der Waals surface area (Å²) in [7, 11) is -3.57. The summed E-state index contributed by atoms with van der Waals surface area (Å²) in [6.07, 6.45) is 2.05. The van der Waals surface area contributed by atoms with Crippen LogP contribution in [0.15, 0.2) is 28.3 Å². The number of piperidine rings is 1. The minimum absolute atomic E-state index is 0.122. The Bertz CT molecular complexity index is 729. The highest BCUT2D eigenvalue weighted by Gasteiger charge is 2.29. The van der Waals surface area contributed by atoms with E-state index in [2.05, 4.69) is 10.3 Å². The normalized spacial score (nSPS) is 23.1. The second-order valence-electron chi connectivity index (χ2n) is 5.41. The molecule has 8 nitrogen and oxygen atoms in total. The number of rotatable bonds is 4. The summed E-state index contributed by atoms with van der Waals surface area (Å²) in [6.45, 7) is 1.43. The van der Waals surface area contributed by atoms with Crippen LogP contribution in [0.2, 0.25) is 0 Å². The third kappa shape index (κ3) is 3.77. The van der Waals surface area contributed by atoms with Gasteiger partial charge < -0.3 is 4.74 Å². The monoisotopic (exact) mass is 371 g/mol. The number of morpholine rings is 1. The van der Waals surface area contributed by atoms with Gasteiger partial charge in [-0.3, -0.25) is 14.9 Å². The Labute approximate surface area is 144 Å². The van der Waals surface area contributed by atoms with Crippen molar-refractivity contribution in [1.29, 1.82) is 0 Å². The van der Waals surface area contributed by atoms with Crippen LogP contribution in [0.1, 0.15) is 12.8 Å². The number of aromatic nitrogens is 1. The number of carbonyl (C=O) groups excluding carboxylic acids is 2. The van der Waals surface area contributed by atoms with Gasteiger partial charge in [-0.25, -0.2) is 13.4 Å². The fourth-order valence-corrected chi connectivity index (χ4v) is 4.76. The smallest absolute Gasteiger partial charge is 0.244 e. The van der Waals surface area contributed by atoms with Gasteiger partial charge in [0.25, 0.3) is 0 Å². The maximum atomic E-state index is 12.5. The quantitative estimate of drug-likeness (QED) is 0.743. The van der Waals surface area contributed by atoms with Crippen molar-refractivity contribution in [3.8, 4) is 0 Å². The lowest BCUT2D eigenvalue weighted by Crippen LogP contribution is -2.42. The van der Waals surface area contributed by atoms with Gasteiger partial charge >= 0.3 is 0 Å². The molecule has 3 heterocycles. The Balaban J connectivity index is 1.69. The lowest BCUT2D eigenvalue weighted by Gasteiger charge is -2.26. The minimum Gasteiger partial charge on any atom is -0.379 e. The molecule has 1 aromatic rings. The van der Waals surface area contributed by atoms with E-state index < -0.39 is 15.3 Å². The van der Waals surface area contributed by atoms with Crippen molar-refractivity contribution in [2.24, 2.45) is 0 Å². The molecule has 10 heteroatoms. The third-order valence-electron chi connectivity index (χ3n) is 3.77. The number of hydrogen-bond donors (Lipinski definition) is 1. The van der Waals surface area contributed by atoms with Gasteiger partial charge in [-0.2, -0.15) is 4.31 Å². The van der Waals surface area contributed by atoms with E-state index in [0.29, 0.717) is 44.2 Å². The molecule has 130 valence electrons. The number of nitrogens with zero attached hydrogens (tertiary/aromatic N) is 2. The summed E-state index contributed by atoms with van der Waals surface area (Å²) in [4.78, 5) is 27.2. The molecule has 2 aliphatic heterocycles. The number of pyridine rings is 1. The number of imide groups is 1. The predicted molar refractivity (Wildman–Crippen MR) is 85.8 cm³/mol. The molecule has 2 fully saturated rings. The molecule has 2 amide bonds. The standard InChI is InChI=1S/C14H17N3O5S2/c18-12-3-2-11(14(19)16-12)23-13-4-1-10(9-15-13)24(20,21)17-5-7-22-8-6-17/h1,4,9,11H,2-3,5-8H2,(H,16,18,19). The zero-order valence-corrected chi connectivity index (χ0v) is 14.4. The number of thioether (sulfide) groups is 1. The van der Waals surface area contributed by atoms with Crippen LogP contribution in [0.5, 0.6) is 0 Å². The molecule has 1 N–H and O–H groups in total. The van der Waals surface area contributed by atoms with Gasteiger partial charge in [0, 0.05) is 25.7 Å². The first-order valence-electron chi connectivity index (χ1n) is 7.51. The zero-order valence-electron chi connectivity index (χ0n) is 12.8. The van der Waals surface area contributed by atoms with Crippen LogP contribution >= 0.6 is 11.8 Å². The highest BCUT2D eigenvalue weighted by atomic mass is 32.2. The van der Waals surface area contributed by atoms with E-state index in [1.165, 1.54) is 28.3 Å². The first-order valence-corrected chi connectivity index (χ1v) is 9.83. The lowest BCUT2D eigenvalue weighted by molar-refractivity contribution is -0.132. The molecule has 24 heavy (non-hydrogen) atoms. The van der Waals surface area contributed by atoms with Gasteiger partial charge in [0.1, 0.15) is 4.90 Å². The molecule has 0 radical (unpaired) electrons. The summed E-state index contributed by atoms with van der Waals surface area (Å²) in [5.74, 6) is -0.597. The van der Waals surface area contributed by atoms with Gasteiger partial charge in [-0.15, -0.1) is 0 Å². The van der Waals surface area contributed by atoms with Crippen LogP contribution in [0.25, 0.3) is 0 Å². The second kappa shape index (κ2) is 7.18. The summed E-state index contributed by atoms with van der Waals surface area (Å²) < 4.78 is 31.5. The first-order chi connectivity index (χ1) is 11.5. The van der Waals surface area contributed by atoms with Crippen molar-refractivity contribution in [2.45, 2.75) is 28.0 Å². The maximum absolute atomic E-state index is 12.5. The van der Waals surface area contributed by atoms with Crippen molar-refractivity contribution in [1.82, 2.24) is 14.6 Å². The number of sulfonamides is 1. The molecule has 1 unspecified atom stereocenters. The van der Waals surface area contributed by atoms with Gasteiger partial charge in [0.2, 0.25) is 21.8 Å². The SMILES string of the molecule is O=C1CCC(Sc2ccc(S(=O)(=O)N3CCOCC3)cn2)C(=O)N1. The van der Waals surface area contributed by atoms with E-state index in [1.54, 1.807) is 6.07 Å². The van der Waals surface area contributed by atoms with Gasteiger partial charge in [-0.05, 0) is 18.6 Å². The van der Waals surface area contributed by atoms with Crippen LogP contribution < -0.4 is 5.32 Å². The van der Waals surface area contributed by atoms with Crippen molar-refractivity contribution in [3.05, 3.63) is 18.3 Å². The van der Waals surface area contributed by atoms with E-state index in [-0.39, 0.29) is 16.7 Å². The lowest BCUT2D eigenvalue weighted by atomic mass is 10.1. The highest BCUT2D eigenvalue weighted by Crippen LogP contribution is 2.27. The average molecular weight is 371 g/mol. The fraction of sp³-hybridized carbons (Fsp3) is 0.500.